The van der Waals surface area contributed by atoms with Crippen LogP contribution in [0.5, 0.6) is 0 Å². The molecule has 0 radical (unpaired) electrons. The minimum atomic E-state index is 0.336. The Morgan fingerprint density at radius 1 is 0.818 bits per heavy atom. The molecule has 0 saturated carbocycles. The maximum atomic E-state index is 5.50. The summed E-state index contributed by atoms with van der Waals surface area (Å²) in [5.74, 6) is 0. The van der Waals surface area contributed by atoms with E-state index in [2.05, 4.69) is 15.1 Å². The molecule has 22 heavy (non-hydrogen) atoms. The molecule has 0 spiro atoms. The highest BCUT2D eigenvalue weighted by atomic mass is 16.6. The number of hydrogen-bond acceptors (Lipinski definition) is 4. The van der Waals surface area contributed by atoms with Crippen LogP contribution in [0.3, 0.4) is 0 Å². The van der Waals surface area contributed by atoms with Gasteiger partial charge in [-0.15, -0.1) is 0 Å². The van der Waals surface area contributed by atoms with Gasteiger partial charge in [-0.2, -0.15) is 0 Å². The molecule has 2 aromatic heterocycles. The van der Waals surface area contributed by atoms with Gasteiger partial charge in [0, 0.05) is 29.7 Å². The number of pyridine rings is 2. The van der Waals surface area contributed by atoms with Crippen molar-refractivity contribution in [3.63, 3.8) is 0 Å². The average molecular weight is 289 g/mol. The summed E-state index contributed by atoms with van der Waals surface area (Å²) in [5.41, 5.74) is 3.57. The van der Waals surface area contributed by atoms with Crippen LogP contribution in [0.1, 0.15) is 16.8 Å². The second kappa shape index (κ2) is 7.13. The van der Waals surface area contributed by atoms with E-state index in [9.17, 15) is 0 Å². The van der Waals surface area contributed by atoms with Crippen molar-refractivity contribution < 1.29 is 4.84 Å². The van der Waals surface area contributed by atoms with Crippen LogP contribution in [0, 0.1) is 0 Å². The summed E-state index contributed by atoms with van der Waals surface area (Å²) in [4.78, 5) is 13.8. The van der Waals surface area contributed by atoms with Gasteiger partial charge in [0.1, 0.15) is 5.71 Å². The van der Waals surface area contributed by atoms with Crippen LogP contribution < -0.4 is 0 Å². The molecule has 0 aliphatic rings. The molecule has 0 unspecified atom stereocenters. The largest absolute Gasteiger partial charge is 0.389 e. The summed E-state index contributed by atoms with van der Waals surface area (Å²) >= 11 is 0. The molecule has 3 rings (SSSR count). The first-order chi connectivity index (χ1) is 10.9. The predicted octanol–water partition coefficient (Wildman–Crippen LogP) is 3.45. The summed E-state index contributed by atoms with van der Waals surface area (Å²) in [5, 5.41) is 4.31. The molecule has 0 fully saturated rings. The van der Waals surface area contributed by atoms with Crippen molar-refractivity contribution >= 4 is 5.71 Å². The Labute approximate surface area is 129 Å². The van der Waals surface area contributed by atoms with E-state index >= 15 is 0 Å². The van der Waals surface area contributed by atoms with E-state index in [1.54, 1.807) is 18.6 Å². The van der Waals surface area contributed by atoms with E-state index in [4.69, 9.17) is 4.84 Å². The van der Waals surface area contributed by atoms with Gasteiger partial charge in [0.25, 0.3) is 0 Å². The minimum absolute atomic E-state index is 0.336. The zero-order valence-corrected chi connectivity index (χ0v) is 12.0. The van der Waals surface area contributed by atoms with Gasteiger partial charge in [0.15, 0.2) is 6.61 Å². The lowest BCUT2D eigenvalue weighted by molar-refractivity contribution is 0.128. The molecular formula is C18H15N3O. The fourth-order valence-electron chi connectivity index (χ4n) is 2.02. The highest BCUT2D eigenvalue weighted by Gasteiger charge is 2.07. The van der Waals surface area contributed by atoms with E-state index in [1.807, 2.05) is 60.7 Å². The molecule has 0 aliphatic heterocycles. The lowest BCUT2D eigenvalue weighted by Gasteiger charge is -2.07. The van der Waals surface area contributed by atoms with E-state index in [1.165, 1.54) is 0 Å². The number of oxime groups is 1. The Hall–Kier alpha value is -3.01. The maximum absolute atomic E-state index is 5.50. The second-order valence-corrected chi connectivity index (χ2v) is 4.64. The standard InChI is InChI=1S/C18H15N3O/c1-2-6-15(7-3-1)18(16-9-12-19-13-10-16)21-22-14-17-8-4-5-11-20-17/h1-13H,14H2. The molecule has 0 N–H and O–H groups in total. The van der Waals surface area contributed by atoms with Gasteiger partial charge < -0.3 is 4.84 Å². The Morgan fingerprint density at radius 2 is 1.55 bits per heavy atom. The third kappa shape index (κ3) is 3.55. The van der Waals surface area contributed by atoms with Gasteiger partial charge in [-0.05, 0) is 24.3 Å². The highest BCUT2D eigenvalue weighted by Crippen LogP contribution is 2.11. The van der Waals surface area contributed by atoms with E-state index in [0.29, 0.717) is 6.61 Å². The first-order valence-corrected chi connectivity index (χ1v) is 6.99. The summed E-state index contributed by atoms with van der Waals surface area (Å²) < 4.78 is 0. The van der Waals surface area contributed by atoms with E-state index in [-0.39, 0.29) is 0 Å². The van der Waals surface area contributed by atoms with E-state index in [0.717, 1.165) is 22.5 Å². The van der Waals surface area contributed by atoms with Gasteiger partial charge in [-0.1, -0.05) is 41.6 Å². The minimum Gasteiger partial charge on any atom is -0.389 e. The summed E-state index contributed by atoms with van der Waals surface area (Å²) in [7, 11) is 0. The van der Waals surface area contributed by atoms with Crippen LogP contribution in [-0.4, -0.2) is 15.7 Å². The Morgan fingerprint density at radius 3 is 2.27 bits per heavy atom. The quantitative estimate of drug-likeness (QED) is 0.534. The molecule has 4 nitrogen and oxygen atoms in total. The number of rotatable bonds is 5. The number of hydrogen-bond donors (Lipinski definition) is 0. The average Bonchev–Trinajstić information content (AvgIpc) is 2.61. The molecule has 3 aromatic rings. The fraction of sp³-hybridized carbons (Fsp3) is 0.0556. The monoisotopic (exact) mass is 289 g/mol. The maximum Gasteiger partial charge on any atom is 0.159 e. The van der Waals surface area contributed by atoms with Crippen LogP contribution in [0.15, 0.2) is 84.4 Å². The second-order valence-electron chi connectivity index (χ2n) is 4.64. The molecular weight excluding hydrogens is 274 g/mol. The van der Waals surface area contributed by atoms with Crippen LogP contribution in [0.4, 0.5) is 0 Å². The van der Waals surface area contributed by atoms with Crippen molar-refractivity contribution in [1.29, 1.82) is 0 Å². The lowest BCUT2D eigenvalue weighted by atomic mass is 10.0. The normalized spacial score (nSPS) is 11.2. The summed E-state index contributed by atoms with van der Waals surface area (Å²) in [6.45, 7) is 0.336. The number of benzene rings is 1. The molecule has 4 heteroatoms. The van der Waals surface area contributed by atoms with Crippen molar-refractivity contribution in [2.75, 3.05) is 0 Å². The lowest BCUT2D eigenvalue weighted by Crippen LogP contribution is -2.04. The van der Waals surface area contributed by atoms with Crippen LogP contribution >= 0.6 is 0 Å². The molecule has 0 atom stereocenters. The SMILES string of the molecule is c1ccc(C(=NOCc2ccccn2)c2ccncc2)cc1. The first kappa shape index (κ1) is 13.9. The molecule has 2 heterocycles. The van der Waals surface area contributed by atoms with Crippen LogP contribution in [0.2, 0.25) is 0 Å². The van der Waals surface area contributed by atoms with Crippen molar-refractivity contribution in [3.05, 3.63) is 96.1 Å². The van der Waals surface area contributed by atoms with Crippen molar-refractivity contribution in [1.82, 2.24) is 9.97 Å². The van der Waals surface area contributed by atoms with Gasteiger partial charge >= 0.3 is 0 Å². The fourth-order valence-corrected chi connectivity index (χ4v) is 2.02. The van der Waals surface area contributed by atoms with Crippen molar-refractivity contribution in [2.45, 2.75) is 6.61 Å². The molecule has 0 bridgehead atoms. The Bertz CT molecular complexity index is 687. The molecule has 1 aromatic carbocycles. The highest BCUT2D eigenvalue weighted by molar-refractivity contribution is 6.12. The van der Waals surface area contributed by atoms with Crippen LogP contribution in [0.25, 0.3) is 0 Å². The Kier molecular flexibility index (Phi) is 4.52. The smallest absolute Gasteiger partial charge is 0.159 e. The van der Waals surface area contributed by atoms with Gasteiger partial charge in [0.2, 0.25) is 0 Å². The van der Waals surface area contributed by atoms with E-state index < -0.39 is 0 Å². The first-order valence-electron chi connectivity index (χ1n) is 6.99. The zero-order chi connectivity index (χ0) is 15.0. The van der Waals surface area contributed by atoms with Crippen molar-refractivity contribution in [2.24, 2.45) is 5.16 Å². The van der Waals surface area contributed by atoms with Gasteiger partial charge in [0.05, 0.1) is 5.69 Å². The molecule has 0 saturated heterocycles. The molecule has 108 valence electrons. The zero-order valence-electron chi connectivity index (χ0n) is 12.0. The summed E-state index contributed by atoms with van der Waals surface area (Å²) in [6, 6.07) is 19.5. The third-order valence-electron chi connectivity index (χ3n) is 3.10. The topological polar surface area (TPSA) is 47.4 Å². The number of nitrogens with zero attached hydrogens (tertiary/aromatic N) is 3. The van der Waals surface area contributed by atoms with Gasteiger partial charge in [-0.3, -0.25) is 9.97 Å². The van der Waals surface area contributed by atoms with Crippen LogP contribution in [-0.2, 0) is 11.4 Å². The van der Waals surface area contributed by atoms with Crippen molar-refractivity contribution in [3.8, 4) is 0 Å². The predicted molar refractivity (Wildman–Crippen MR) is 85.3 cm³/mol. The third-order valence-corrected chi connectivity index (χ3v) is 3.10. The number of aromatic nitrogens is 2. The van der Waals surface area contributed by atoms with Gasteiger partial charge in [-0.25, -0.2) is 0 Å². The summed E-state index contributed by atoms with van der Waals surface area (Å²) in [6.07, 6.45) is 5.22. The Balaban J connectivity index is 1.84. The molecule has 0 amide bonds. The molecule has 0 aliphatic carbocycles.